The number of nitrogens with two attached hydrogens (primary N) is 1. The largest absolute Gasteiger partial charge is 0.382 e. The summed E-state index contributed by atoms with van der Waals surface area (Å²) in [5.41, 5.74) is 6.41. The lowest BCUT2D eigenvalue weighted by atomic mass is 9.78. The number of pyridine rings is 1. The maximum atomic E-state index is 13.2. The average Bonchev–Trinajstić information content (AvgIpc) is 3.36. The second-order valence-corrected chi connectivity index (χ2v) is 9.34. The highest BCUT2D eigenvalue weighted by Gasteiger charge is 2.38. The van der Waals surface area contributed by atoms with E-state index < -0.39 is 0 Å². The third-order valence-electron chi connectivity index (χ3n) is 6.12. The van der Waals surface area contributed by atoms with Crippen LogP contribution in [0.1, 0.15) is 19.3 Å². The van der Waals surface area contributed by atoms with Gasteiger partial charge in [0.25, 0.3) is 5.56 Å². The van der Waals surface area contributed by atoms with Crippen molar-refractivity contribution in [2.75, 3.05) is 36.9 Å². The Morgan fingerprint density at radius 2 is 2.13 bits per heavy atom. The van der Waals surface area contributed by atoms with Crippen LogP contribution in [0.25, 0.3) is 11.0 Å². The molecule has 2 fully saturated rings. The summed E-state index contributed by atoms with van der Waals surface area (Å²) in [5, 5.41) is 8.52. The van der Waals surface area contributed by atoms with Gasteiger partial charge in [0.1, 0.15) is 16.2 Å². The van der Waals surface area contributed by atoms with Crippen LogP contribution in [0, 0.1) is 5.41 Å². The van der Waals surface area contributed by atoms with Crippen molar-refractivity contribution in [3.05, 3.63) is 27.6 Å². The number of halogens is 1. The molecule has 0 bridgehead atoms. The fourth-order valence-corrected chi connectivity index (χ4v) is 5.37. The van der Waals surface area contributed by atoms with Gasteiger partial charge >= 0.3 is 0 Å². The van der Waals surface area contributed by atoms with Crippen molar-refractivity contribution in [3.63, 3.8) is 0 Å². The molecule has 0 aromatic carbocycles. The first kappa shape index (κ1) is 19.7. The van der Waals surface area contributed by atoms with Crippen molar-refractivity contribution >= 4 is 46.2 Å². The molecule has 2 saturated heterocycles. The number of piperidine rings is 1. The number of nitrogens with one attached hydrogen (secondary N) is 1. The summed E-state index contributed by atoms with van der Waals surface area (Å²) >= 11 is 7.52. The maximum Gasteiger partial charge on any atom is 0.266 e. The molecule has 2 aliphatic heterocycles. The minimum atomic E-state index is -0.145. The van der Waals surface area contributed by atoms with Gasteiger partial charge in [0, 0.05) is 37.8 Å². The molecule has 9 nitrogen and oxygen atoms in total. The van der Waals surface area contributed by atoms with Crippen molar-refractivity contribution in [2.24, 2.45) is 12.5 Å². The van der Waals surface area contributed by atoms with E-state index in [4.69, 9.17) is 27.1 Å². The molecule has 30 heavy (non-hydrogen) atoms. The molecular weight excluding hydrogens is 426 g/mol. The van der Waals surface area contributed by atoms with Crippen molar-refractivity contribution < 1.29 is 4.74 Å². The number of aromatic amines is 1. The summed E-state index contributed by atoms with van der Waals surface area (Å²) in [7, 11) is 1.76. The van der Waals surface area contributed by atoms with Crippen molar-refractivity contribution in [3.8, 4) is 0 Å². The predicted molar refractivity (Wildman–Crippen MR) is 116 cm³/mol. The molecule has 5 rings (SSSR count). The molecule has 0 radical (unpaired) electrons. The minimum Gasteiger partial charge on any atom is -0.382 e. The summed E-state index contributed by atoms with van der Waals surface area (Å²) in [5.74, 6) is 0.901. The first-order chi connectivity index (χ1) is 14.5. The summed E-state index contributed by atoms with van der Waals surface area (Å²) in [6.07, 6.45) is 4.79. The van der Waals surface area contributed by atoms with Crippen LogP contribution in [0.3, 0.4) is 0 Å². The predicted octanol–water partition coefficient (Wildman–Crippen LogP) is 2.45. The molecule has 0 amide bonds. The molecule has 5 heterocycles. The normalized spacial score (nSPS) is 18.5. The van der Waals surface area contributed by atoms with Crippen LogP contribution in [0.4, 0.5) is 11.8 Å². The lowest BCUT2D eigenvalue weighted by molar-refractivity contribution is 0.133. The summed E-state index contributed by atoms with van der Waals surface area (Å²) in [6.45, 7) is 3.41. The van der Waals surface area contributed by atoms with Gasteiger partial charge in [-0.2, -0.15) is 10.1 Å². The van der Waals surface area contributed by atoms with E-state index in [0.29, 0.717) is 37.3 Å². The van der Waals surface area contributed by atoms with Gasteiger partial charge in [0.15, 0.2) is 5.65 Å². The zero-order chi connectivity index (χ0) is 20.9. The number of aromatic nitrogens is 5. The average molecular weight is 448 g/mol. The Balaban J connectivity index is 1.46. The van der Waals surface area contributed by atoms with Gasteiger partial charge < -0.3 is 15.4 Å². The standard InChI is InChI=1S/C19H22ClN7O2S/c1-26-17(28)12-15(24-25-16(12)30-11-2-6-22-14(21)13(11)20)23-18(26)27-7-3-19(4-8-27)5-9-29-10-19/h2,6H,3-5,7-10H2,1H3,(H2,21,22)(H,24,25). The molecule has 158 valence electrons. The Hall–Kier alpha value is -2.30. The Kier molecular flexibility index (Phi) is 4.87. The maximum absolute atomic E-state index is 13.2. The Labute approximate surface area is 182 Å². The highest BCUT2D eigenvalue weighted by molar-refractivity contribution is 7.99. The van der Waals surface area contributed by atoms with Gasteiger partial charge in [-0.15, -0.1) is 0 Å². The molecule has 2 aliphatic rings. The van der Waals surface area contributed by atoms with E-state index in [-0.39, 0.29) is 11.4 Å². The molecule has 11 heteroatoms. The third-order valence-corrected chi connectivity index (χ3v) is 7.68. The van der Waals surface area contributed by atoms with Gasteiger partial charge in [-0.25, -0.2) is 4.98 Å². The summed E-state index contributed by atoms with van der Waals surface area (Å²) < 4.78 is 7.23. The van der Waals surface area contributed by atoms with E-state index in [1.165, 1.54) is 11.8 Å². The monoisotopic (exact) mass is 447 g/mol. The van der Waals surface area contributed by atoms with Crippen LogP contribution < -0.4 is 16.2 Å². The minimum absolute atomic E-state index is 0.145. The van der Waals surface area contributed by atoms with Crippen LogP contribution in [-0.4, -0.2) is 51.0 Å². The highest BCUT2D eigenvalue weighted by Crippen LogP contribution is 2.40. The number of nitrogens with zero attached hydrogens (tertiary/aromatic N) is 5. The molecule has 3 aromatic heterocycles. The van der Waals surface area contributed by atoms with E-state index in [1.807, 2.05) is 0 Å². The Morgan fingerprint density at radius 3 is 2.87 bits per heavy atom. The smallest absolute Gasteiger partial charge is 0.266 e. The first-order valence-corrected chi connectivity index (χ1v) is 11.0. The SMILES string of the molecule is Cn1c(N2CCC3(CCOC3)CC2)nc2[nH]nc(Sc3ccnc(N)c3Cl)c2c1=O. The van der Waals surface area contributed by atoms with Crippen molar-refractivity contribution in [2.45, 2.75) is 29.2 Å². The van der Waals surface area contributed by atoms with E-state index in [1.54, 1.807) is 23.9 Å². The summed E-state index contributed by atoms with van der Waals surface area (Å²) in [4.78, 5) is 24.8. The number of hydrogen-bond acceptors (Lipinski definition) is 8. The van der Waals surface area contributed by atoms with Crippen molar-refractivity contribution in [1.29, 1.82) is 0 Å². The van der Waals surface area contributed by atoms with Crippen LogP contribution in [0.2, 0.25) is 5.02 Å². The lowest BCUT2D eigenvalue weighted by Gasteiger charge is -2.39. The van der Waals surface area contributed by atoms with Crippen molar-refractivity contribution in [1.82, 2.24) is 24.7 Å². The summed E-state index contributed by atoms with van der Waals surface area (Å²) in [6, 6.07) is 1.74. The highest BCUT2D eigenvalue weighted by atomic mass is 35.5. The number of rotatable bonds is 3. The van der Waals surface area contributed by atoms with Crippen LogP contribution in [0.5, 0.6) is 0 Å². The van der Waals surface area contributed by atoms with E-state index in [0.717, 1.165) is 45.6 Å². The third kappa shape index (κ3) is 3.23. The van der Waals surface area contributed by atoms with E-state index in [2.05, 4.69) is 20.1 Å². The molecular formula is C19H22ClN7O2S. The number of H-pyrrole nitrogens is 1. The van der Waals surface area contributed by atoms with Crippen LogP contribution in [-0.2, 0) is 11.8 Å². The van der Waals surface area contributed by atoms with Gasteiger partial charge in [0.2, 0.25) is 5.95 Å². The molecule has 0 atom stereocenters. The van der Waals surface area contributed by atoms with Gasteiger partial charge in [-0.3, -0.25) is 14.5 Å². The van der Waals surface area contributed by atoms with Gasteiger partial charge in [0.05, 0.1) is 11.6 Å². The molecule has 0 saturated carbocycles. The zero-order valence-corrected chi connectivity index (χ0v) is 18.1. The molecule has 1 spiro atoms. The fourth-order valence-electron chi connectivity index (χ4n) is 4.23. The number of fused-ring (bicyclic) bond motifs is 1. The second kappa shape index (κ2) is 7.44. The zero-order valence-electron chi connectivity index (χ0n) is 16.5. The second-order valence-electron chi connectivity index (χ2n) is 7.93. The molecule has 3 aromatic rings. The number of ether oxygens (including phenoxy) is 1. The fraction of sp³-hybridized carbons (Fsp3) is 0.474. The Morgan fingerprint density at radius 1 is 1.33 bits per heavy atom. The topological polar surface area (TPSA) is 115 Å². The van der Waals surface area contributed by atoms with E-state index in [9.17, 15) is 4.79 Å². The number of hydrogen-bond donors (Lipinski definition) is 2. The van der Waals surface area contributed by atoms with E-state index >= 15 is 0 Å². The van der Waals surface area contributed by atoms with Gasteiger partial charge in [-0.05, 0) is 30.7 Å². The molecule has 0 aliphatic carbocycles. The van der Waals surface area contributed by atoms with Gasteiger partial charge in [-0.1, -0.05) is 23.4 Å². The lowest BCUT2D eigenvalue weighted by Crippen LogP contribution is -2.43. The molecule has 3 N–H and O–H groups in total. The van der Waals surface area contributed by atoms with Crippen LogP contribution >= 0.6 is 23.4 Å². The number of anilines is 2. The number of nitrogen functional groups attached to an aromatic ring is 1. The quantitative estimate of drug-likeness (QED) is 0.629. The molecule has 0 unspecified atom stereocenters. The van der Waals surface area contributed by atoms with Crippen LogP contribution in [0.15, 0.2) is 27.0 Å². The Bertz CT molecular complexity index is 1160. The first-order valence-electron chi connectivity index (χ1n) is 9.83.